The molecule has 0 fully saturated rings. The van der Waals surface area contributed by atoms with Crippen molar-refractivity contribution in [3.05, 3.63) is 5.82 Å². The highest BCUT2D eigenvalue weighted by Gasteiger charge is 2.08. The topological polar surface area (TPSA) is 72.7 Å². The van der Waals surface area contributed by atoms with Gasteiger partial charge in [0.1, 0.15) is 0 Å². The Hall–Kier alpha value is -1.46. The zero-order valence-electron chi connectivity index (χ0n) is 9.94. The Balaban J connectivity index is 2.14. The summed E-state index contributed by atoms with van der Waals surface area (Å²) < 4.78 is 1.51. The first-order valence-corrected chi connectivity index (χ1v) is 5.72. The molecule has 0 unspecified atom stereocenters. The van der Waals surface area contributed by atoms with Crippen LogP contribution in [0.4, 0.5) is 0 Å². The van der Waals surface area contributed by atoms with Gasteiger partial charge in [-0.15, -0.1) is 5.10 Å². The van der Waals surface area contributed by atoms with E-state index in [0.717, 1.165) is 13.0 Å². The summed E-state index contributed by atoms with van der Waals surface area (Å²) in [4.78, 5) is 11.5. The van der Waals surface area contributed by atoms with E-state index in [1.54, 1.807) is 7.05 Å². The number of amides is 1. The van der Waals surface area contributed by atoms with Crippen LogP contribution < -0.4 is 5.32 Å². The third-order valence-corrected chi connectivity index (χ3v) is 2.38. The molecular weight excluding hydrogens is 206 g/mol. The number of tetrazole rings is 1. The van der Waals surface area contributed by atoms with E-state index in [1.165, 1.54) is 23.9 Å². The molecule has 16 heavy (non-hydrogen) atoms. The van der Waals surface area contributed by atoms with Crippen molar-refractivity contribution in [2.24, 2.45) is 7.05 Å². The van der Waals surface area contributed by atoms with Gasteiger partial charge in [-0.3, -0.25) is 4.79 Å². The number of aryl methyl sites for hydroxylation is 1. The average molecular weight is 225 g/mol. The molecule has 0 spiro atoms. The Bertz CT molecular complexity index is 323. The van der Waals surface area contributed by atoms with Crippen LogP contribution in [0, 0.1) is 0 Å². The standard InChI is InChI=1S/C10H19N5O/c1-3-4-5-6-7-11-10(16)8-9-12-13-14-15(9)2/h3-8H2,1-2H3,(H,11,16). The molecule has 90 valence electrons. The van der Waals surface area contributed by atoms with Crippen LogP contribution in [-0.2, 0) is 18.3 Å². The summed E-state index contributed by atoms with van der Waals surface area (Å²) in [5.74, 6) is 0.570. The summed E-state index contributed by atoms with van der Waals surface area (Å²) in [5, 5.41) is 13.8. The van der Waals surface area contributed by atoms with Gasteiger partial charge in [0, 0.05) is 13.6 Å². The fourth-order valence-electron chi connectivity index (χ4n) is 1.38. The smallest absolute Gasteiger partial charge is 0.227 e. The van der Waals surface area contributed by atoms with E-state index in [-0.39, 0.29) is 12.3 Å². The lowest BCUT2D eigenvalue weighted by atomic mass is 10.2. The summed E-state index contributed by atoms with van der Waals surface area (Å²) in [6.07, 6.45) is 4.89. The van der Waals surface area contributed by atoms with Crippen molar-refractivity contribution in [1.29, 1.82) is 0 Å². The Labute approximate surface area is 95.4 Å². The van der Waals surface area contributed by atoms with Gasteiger partial charge >= 0.3 is 0 Å². The number of nitrogens with zero attached hydrogens (tertiary/aromatic N) is 4. The van der Waals surface area contributed by atoms with Crippen LogP contribution in [-0.4, -0.2) is 32.7 Å². The Morgan fingerprint density at radius 3 is 2.81 bits per heavy atom. The quantitative estimate of drug-likeness (QED) is 0.684. The maximum atomic E-state index is 11.5. The molecule has 6 nitrogen and oxygen atoms in total. The van der Waals surface area contributed by atoms with Crippen LogP contribution in [0.5, 0.6) is 0 Å². The van der Waals surface area contributed by atoms with Crippen LogP contribution in [0.3, 0.4) is 0 Å². The van der Waals surface area contributed by atoms with Gasteiger partial charge in [-0.2, -0.15) is 0 Å². The van der Waals surface area contributed by atoms with E-state index in [4.69, 9.17) is 0 Å². The normalized spacial score (nSPS) is 10.4. The third kappa shape index (κ3) is 4.37. The van der Waals surface area contributed by atoms with Crippen molar-refractivity contribution in [3.8, 4) is 0 Å². The van der Waals surface area contributed by atoms with Crippen molar-refractivity contribution in [1.82, 2.24) is 25.5 Å². The van der Waals surface area contributed by atoms with Gasteiger partial charge in [-0.1, -0.05) is 26.2 Å². The predicted octanol–water partition coefficient (Wildman–Crippen LogP) is 0.449. The van der Waals surface area contributed by atoms with E-state index in [0.29, 0.717) is 5.82 Å². The zero-order chi connectivity index (χ0) is 11.8. The Morgan fingerprint density at radius 2 is 2.19 bits per heavy atom. The molecule has 0 aliphatic carbocycles. The first-order chi connectivity index (χ1) is 7.74. The van der Waals surface area contributed by atoms with E-state index in [2.05, 4.69) is 27.8 Å². The van der Waals surface area contributed by atoms with E-state index in [9.17, 15) is 4.79 Å². The number of hydrogen-bond acceptors (Lipinski definition) is 4. The second kappa shape index (κ2) is 6.92. The highest BCUT2D eigenvalue weighted by Crippen LogP contribution is 1.97. The van der Waals surface area contributed by atoms with Crippen molar-refractivity contribution < 1.29 is 4.79 Å². The maximum absolute atomic E-state index is 11.5. The van der Waals surface area contributed by atoms with Gasteiger partial charge in [0.25, 0.3) is 0 Å². The molecule has 0 aromatic carbocycles. The minimum absolute atomic E-state index is 0.0191. The molecule has 0 radical (unpaired) electrons. The number of aromatic nitrogens is 4. The first kappa shape index (κ1) is 12.6. The van der Waals surface area contributed by atoms with Gasteiger partial charge in [0.15, 0.2) is 5.82 Å². The van der Waals surface area contributed by atoms with Gasteiger partial charge in [0.05, 0.1) is 6.42 Å². The molecule has 1 heterocycles. The molecule has 1 aromatic heterocycles. The molecular formula is C10H19N5O. The minimum atomic E-state index is -0.0191. The summed E-state index contributed by atoms with van der Waals surface area (Å²) in [7, 11) is 1.73. The van der Waals surface area contributed by atoms with Crippen LogP contribution in [0.15, 0.2) is 0 Å². The van der Waals surface area contributed by atoms with Crippen LogP contribution in [0.1, 0.15) is 38.4 Å². The molecule has 1 aromatic rings. The van der Waals surface area contributed by atoms with E-state index in [1.807, 2.05) is 0 Å². The summed E-state index contributed by atoms with van der Waals surface area (Å²) in [5.41, 5.74) is 0. The lowest BCUT2D eigenvalue weighted by Crippen LogP contribution is -2.27. The summed E-state index contributed by atoms with van der Waals surface area (Å²) >= 11 is 0. The number of carbonyl (C=O) groups is 1. The fourth-order valence-corrected chi connectivity index (χ4v) is 1.38. The molecule has 0 saturated heterocycles. The average Bonchev–Trinajstić information content (AvgIpc) is 2.64. The second-order valence-electron chi connectivity index (χ2n) is 3.81. The van der Waals surface area contributed by atoms with Gasteiger partial charge in [0.2, 0.25) is 5.91 Å². The predicted molar refractivity (Wildman–Crippen MR) is 59.7 cm³/mol. The van der Waals surface area contributed by atoms with E-state index < -0.39 is 0 Å². The van der Waals surface area contributed by atoms with Gasteiger partial charge in [-0.05, 0) is 16.8 Å². The molecule has 0 atom stereocenters. The SMILES string of the molecule is CCCCCCNC(=O)Cc1nnnn1C. The largest absolute Gasteiger partial charge is 0.356 e. The van der Waals surface area contributed by atoms with Gasteiger partial charge in [-0.25, -0.2) is 4.68 Å². The van der Waals surface area contributed by atoms with Crippen molar-refractivity contribution in [2.75, 3.05) is 6.54 Å². The Morgan fingerprint density at radius 1 is 1.38 bits per heavy atom. The van der Waals surface area contributed by atoms with Crippen molar-refractivity contribution in [2.45, 2.75) is 39.0 Å². The number of hydrogen-bond donors (Lipinski definition) is 1. The molecule has 0 aliphatic rings. The lowest BCUT2D eigenvalue weighted by Gasteiger charge is -2.03. The number of rotatable bonds is 7. The zero-order valence-corrected chi connectivity index (χ0v) is 9.94. The van der Waals surface area contributed by atoms with E-state index >= 15 is 0 Å². The summed E-state index contributed by atoms with van der Waals surface area (Å²) in [6, 6.07) is 0. The fraction of sp³-hybridized carbons (Fsp3) is 0.800. The van der Waals surface area contributed by atoms with Crippen LogP contribution in [0.2, 0.25) is 0 Å². The molecule has 0 aliphatic heterocycles. The van der Waals surface area contributed by atoms with Crippen LogP contribution in [0.25, 0.3) is 0 Å². The van der Waals surface area contributed by atoms with Crippen molar-refractivity contribution >= 4 is 5.91 Å². The number of nitrogens with one attached hydrogen (secondary N) is 1. The monoisotopic (exact) mass is 225 g/mol. The minimum Gasteiger partial charge on any atom is -0.356 e. The summed E-state index contributed by atoms with van der Waals surface area (Å²) in [6.45, 7) is 2.91. The highest BCUT2D eigenvalue weighted by atomic mass is 16.1. The highest BCUT2D eigenvalue weighted by molar-refractivity contribution is 5.77. The molecule has 1 N–H and O–H groups in total. The van der Waals surface area contributed by atoms with Gasteiger partial charge < -0.3 is 5.32 Å². The van der Waals surface area contributed by atoms with Crippen LogP contribution >= 0.6 is 0 Å². The molecule has 0 saturated carbocycles. The first-order valence-electron chi connectivity index (χ1n) is 5.72. The molecule has 1 rings (SSSR count). The molecule has 6 heteroatoms. The number of unbranched alkanes of at least 4 members (excludes halogenated alkanes) is 3. The lowest BCUT2D eigenvalue weighted by molar-refractivity contribution is -0.120. The third-order valence-electron chi connectivity index (χ3n) is 2.38. The number of carbonyl (C=O) groups excluding carboxylic acids is 1. The Kier molecular flexibility index (Phi) is 5.45. The maximum Gasteiger partial charge on any atom is 0.227 e. The van der Waals surface area contributed by atoms with Crippen molar-refractivity contribution in [3.63, 3.8) is 0 Å². The molecule has 0 bridgehead atoms. The second-order valence-corrected chi connectivity index (χ2v) is 3.81. The molecule has 1 amide bonds.